The second kappa shape index (κ2) is 10.3. The smallest absolute Gasteiger partial charge is 0.269 e. The highest BCUT2D eigenvalue weighted by Gasteiger charge is 2.36. The molecule has 0 spiro atoms. The van der Waals surface area contributed by atoms with Crippen LogP contribution in [0.4, 0.5) is 17.1 Å². The van der Waals surface area contributed by atoms with Gasteiger partial charge in [-0.2, -0.15) is 0 Å². The topological polar surface area (TPSA) is 96.6 Å². The minimum atomic E-state index is -0.755. The summed E-state index contributed by atoms with van der Waals surface area (Å²) >= 11 is 0. The van der Waals surface area contributed by atoms with Crippen molar-refractivity contribution in [2.75, 3.05) is 5.32 Å². The molecule has 0 aromatic heterocycles. The highest BCUT2D eigenvalue weighted by atomic mass is 16.6. The average Bonchev–Trinajstić information content (AvgIpc) is 3.24. The molecule has 1 aliphatic rings. The number of carbonyl (C=O) groups is 1. The lowest BCUT2D eigenvalue weighted by atomic mass is 9.90. The molecular weight excluding hydrogens is 452 g/mol. The Hall–Kier alpha value is -4.62. The van der Waals surface area contributed by atoms with Gasteiger partial charge < -0.3 is 10.6 Å². The number of hydrogen-bond donors (Lipinski definition) is 2. The van der Waals surface area contributed by atoms with Crippen LogP contribution in [0.15, 0.2) is 108 Å². The number of aliphatic imine (C=N–C) groups is 1. The third-order valence-corrected chi connectivity index (χ3v) is 6.11. The molecule has 1 amide bonds. The van der Waals surface area contributed by atoms with Crippen LogP contribution in [0.1, 0.15) is 28.2 Å². The molecule has 0 radical (unpaired) electrons. The molecule has 4 aromatic rings. The van der Waals surface area contributed by atoms with Crippen molar-refractivity contribution in [2.45, 2.75) is 19.0 Å². The van der Waals surface area contributed by atoms with E-state index in [1.54, 1.807) is 6.07 Å². The molecule has 1 aliphatic heterocycles. The quantitative estimate of drug-likeness (QED) is 0.192. The molecule has 0 aliphatic carbocycles. The normalized spacial score (nSPS) is 14.8. The first-order valence-corrected chi connectivity index (χ1v) is 11.7. The van der Waals surface area contributed by atoms with E-state index in [9.17, 15) is 14.9 Å². The summed E-state index contributed by atoms with van der Waals surface area (Å²) in [7, 11) is 0. The maximum atomic E-state index is 13.0. The van der Waals surface area contributed by atoms with Gasteiger partial charge in [0.05, 0.1) is 16.3 Å². The average molecular weight is 477 g/mol. The Morgan fingerprint density at radius 2 is 1.50 bits per heavy atom. The Labute approximate surface area is 208 Å². The molecule has 1 atom stereocenters. The lowest BCUT2D eigenvalue weighted by Crippen LogP contribution is -2.22. The largest absolute Gasteiger partial charge is 0.325 e. The van der Waals surface area contributed by atoms with Gasteiger partial charge in [0.15, 0.2) is 0 Å². The van der Waals surface area contributed by atoms with Gasteiger partial charge in [0.25, 0.3) is 5.69 Å². The zero-order valence-corrected chi connectivity index (χ0v) is 19.4. The highest BCUT2D eigenvalue weighted by Crippen LogP contribution is 2.38. The fraction of sp³-hybridized carbons (Fsp3) is 0.103. The lowest BCUT2D eigenvalue weighted by Gasteiger charge is -2.14. The first-order chi connectivity index (χ1) is 17.6. The van der Waals surface area contributed by atoms with Crippen LogP contribution in [0.25, 0.3) is 0 Å². The number of nitro groups is 1. The van der Waals surface area contributed by atoms with Crippen molar-refractivity contribution in [2.24, 2.45) is 4.99 Å². The number of non-ortho nitro benzene ring substituents is 1. The van der Waals surface area contributed by atoms with Gasteiger partial charge in [0, 0.05) is 36.5 Å². The molecule has 2 N–H and O–H groups in total. The van der Waals surface area contributed by atoms with Crippen LogP contribution in [0.5, 0.6) is 0 Å². The van der Waals surface area contributed by atoms with Crippen molar-refractivity contribution in [1.82, 2.24) is 5.32 Å². The zero-order valence-electron chi connectivity index (χ0n) is 19.4. The van der Waals surface area contributed by atoms with E-state index in [1.807, 2.05) is 72.8 Å². The lowest BCUT2D eigenvalue weighted by molar-refractivity contribution is -0.384. The third-order valence-electron chi connectivity index (χ3n) is 6.11. The van der Waals surface area contributed by atoms with Crippen molar-refractivity contribution in [1.29, 1.82) is 0 Å². The molecule has 0 bridgehead atoms. The Bertz CT molecular complexity index is 1420. The number of anilines is 1. The molecule has 0 fully saturated rings. The molecule has 36 heavy (non-hydrogen) atoms. The summed E-state index contributed by atoms with van der Waals surface area (Å²) in [6.07, 6.45) is 0. The van der Waals surface area contributed by atoms with Crippen LogP contribution < -0.4 is 10.6 Å². The summed E-state index contributed by atoms with van der Waals surface area (Å²) < 4.78 is 0. The van der Waals surface area contributed by atoms with Crippen molar-refractivity contribution in [3.05, 3.63) is 135 Å². The van der Waals surface area contributed by atoms with E-state index in [-0.39, 0.29) is 11.6 Å². The van der Waals surface area contributed by atoms with E-state index >= 15 is 0 Å². The van der Waals surface area contributed by atoms with Gasteiger partial charge in [0.2, 0.25) is 5.91 Å². The van der Waals surface area contributed by atoms with E-state index < -0.39 is 10.8 Å². The van der Waals surface area contributed by atoms with Gasteiger partial charge in [0.1, 0.15) is 5.92 Å². The van der Waals surface area contributed by atoms with Crippen molar-refractivity contribution in [3.63, 3.8) is 0 Å². The highest BCUT2D eigenvalue weighted by molar-refractivity contribution is 6.24. The zero-order chi connectivity index (χ0) is 24.9. The minimum absolute atomic E-state index is 0.0602. The van der Waals surface area contributed by atoms with Crippen molar-refractivity contribution in [3.8, 4) is 0 Å². The van der Waals surface area contributed by atoms with Crippen LogP contribution >= 0.6 is 0 Å². The maximum absolute atomic E-state index is 13.0. The second-order valence-electron chi connectivity index (χ2n) is 8.57. The summed E-state index contributed by atoms with van der Waals surface area (Å²) in [6.45, 7) is 1.49. The maximum Gasteiger partial charge on any atom is 0.269 e. The Morgan fingerprint density at radius 1 is 0.861 bits per heavy atom. The summed E-state index contributed by atoms with van der Waals surface area (Å²) in [5, 5.41) is 17.7. The SMILES string of the molecule is O=C1Nc2ccc([N+](=O)[O-])cc2C1C(=Nc1ccc(CNCc2ccccc2)cc1)c1ccccc1. The van der Waals surface area contributed by atoms with E-state index in [0.717, 1.165) is 17.7 Å². The number of nitrogens with zero attached hydrogens (tertiary/aromatic N) is 2. The number of hydrogen-bond acceptors (Lipinski definition) is 5. The molecular formula is C29H24N4O3. The van der Waals surface area contributed by atoms with E-state index in [4.69, 9.17) is 4.99 Å². The van der Waals surface area contributed by atoms with Crippen molar-refractivity contribution >= 4 is 28.7 Å². The van der Waals surface area contributed by atoms with Gasteiger partial charge in [-0.05, 0) is 34.9 Å². The van der Waals surface area contributed by atoms with Crippen molar-refractivity contribution < 1.29 is 9.72 Å². The van der Waals surface area contributed by atoms with Crippen LogP contribution in [0.2, 0.25) is 0 Å². The van der Waals surface area contributed by atoms with Gasteiger partial charge in [-0.25, -0.2) is 0 Å². The number of nitrogens with one attached hydrogen (secondary N) is 2. The fourth-order valence-corrected chi connectivity index (χ4v) is 4.31. The Balaban J connectivity index is 1.43. The van der Waals surface area contributed by atoms with Gasteiger partial charge in [-0.3, -0.25) is 19.9 Å². The Kier molecular flexibility index (Phi) is 6.64. The molecule has 0 saturated heterocycles. The van der Waals surface area contributed by atoms with Crippen LogP contribution in [0.3, 0.4) is 0 Å². The molecule has 178 valence electrons. The number of fused-ring (bicyclic) bond motifs is 1. The summed E-state index contributed by atoms with van der Waals surface area (Å²) in [5.41, 5.74) is 5.43. The minimum Gasteiger partial charge on any atom is -0.325 e. The first kappa shape index (κ1) is 23.1. The number of carbonyl (C=O) groups excluding carboxylic acids is 1. The van der Waals surface area contributed by atoms with Gasteiger partial charge in [-0.15, -0.1) is 0 Å². The molecule has 1 heterocycles. The van der Waals surface area contributed by atoms with E-state index in [2.05, 4.69) is 22.8 Å². The van der Waals surface area contributed by atoms with Crippen LogP contribution in [-0.4, -0.2) is 16.5 Å². The second-order valence-corrected chi connectivity index (χ2v) is 8.57. The van der Waals surface area contributed by atoms with Gasteiger partial charge in [-0.1, -0.05) is 72.8 Å². The summed E-state index contributed by atoms with van der Waals surface area (Å²) in [5.74, 6) is -1.01. The number of benzene rings is 4. The fourth-order valence-electron chi connectivity index (χ4n) is 4.31. The van der Waals surface area contributed by atoms with Crippen LogP contribution in [-0.2, 0) is 17.9 Å². The predicted octanol–water partition coefficient (Wildman–Crippen LogP) is 5.74. The Morgan fingerprint density at radius 3 is 2.17 bits per heavy atom. The van der Waals surface area contributed by atoms with Crippen LogP contribution in [0, 0.1) is 10.1 Å². The van der Waals surface area contributed by atoms with E-state index in [1.165, 1.54) is 17.7 Å². The predicted molar refractivity (Wildman–Crippen MR) is 141 cm³/mol. The van der Waals surface area contributed by atoms with E-state index in [0.29, 0.717) is 29.2 Å². The summed E-state index contributed by atoms with van der Waals surface area (Å²) in [6, 6.07) is 31.9. The summed E-state index contributed by atoms with van der Waals surface area (Å²) in [4.78, 5) is 28.8. The number of amides is 1. The molecule has 7 nitrogen and oxygen atoms in total. The third kappa shape index (κ3) is 5.06. The molecule has 5 rings (SSSR count). The molecule has 0 saturated carbocycles. The standard InChI is InChI=1S/C29H24N4O3/c34-29-27(25-17-24(33(35)36)15-16-26(25)32-29)28(22-9-5-2-6-10-22)31-23-13-11-21(12-14-23)19-30-18-20-7-3-1-4-8-20/h1-17,27,30H,18-19H2,(H,32,34). The monoisotopic (exact) mass is 476 g/mol. The molecule has 4 aromatic carbocycles. The van der Waals surface area contributed by atoms with Gasteiger partial charge >= 0.3 is 0 Å². The number of nitro benzene ring substituents is 1. The first-order valence-electron chi connectivity index (χ1n) is 11.7. The number of rotatable bonds is 8. The molecule has 7 heteroatoms. The molecule has 1 unspecified atom stereocenters.